The Morgan fingerprint density at radius 3 is 2.13 bits per heavy atom. The van der Waals surface area contributed by atoms with Crippen molar-refractivity contribution in [2.24, 2.45) is 0 Å². The first-order valence-corrected chi connectivity index (χ1v) is 12.8. The highest BCUT2D eigenvalue weighted by Crippen LogP contribution is 2.38. The van der Waals surface area contributed by atoms with Crippen LogP contribution in [0.2, 0.25) is 0 Å². The van der Waals surface area contributed by atoms with Crippen molar-refractivity contribution in [2.45, 2.75) is 16.4 Å². The van der Waals surface area contributed by atoms with Gasteiger partial charge in [-0.15, -0.1) is 0 Å². The number of benzene rings is 4. The summed E-state index contributed by atoms with van der Waals surface area (Å²) in [5, 5.41) is 2.06. The van der Waals surface area contributed by atoms with E-state index in [2.05, 4.69) is 11.9 Å². The van der Waals surface area contributed by atoms with Crippen LogP contribution in [0.1, 0.15) is 16.5 Å². The van der Waals surface area contributed by atoms with Crippen molar-refractivity contribution in [3.05, 3.63) is 114 Å². The smallest absolute Gasteiger partial charge is 0.416 e. The number of methoxy groups -OCH3 is 1. The van der Waals surface area contributed by atoms with Crippen molar-refractivity contribution in [3.8, 4) is 11.5 Å². The lowest BCUT2D eigenvalue weighted by Crippen LogP contribution is -2.34. The fraction of sp³-hybridized carbons (Fsp3) is 0.107. The number of halogens is 3. The zero-order valence-electron chi connectivity index (χ0n) is 20.0. The second kappa shape index (κ2) is 10.6. The lowest BCUT2D eigenvalue weighted by Gasteiger charge is -2.24. The van der Waals surface area contributed by atoms with Gasteiger partial charge in [0.25, 0.3) is 0 Å². The van der Waals surface area contributed by atoms with Crippen molar-refractivity contribution in [1.29, 1.82) is 0 Å². The summed E-state index contributed by atoms with van der Waals surface area (Å²) in [6, 6.07) is 21.6. The third-order valence-electron chi connectivity index (χ3n) is 5.73. The molecule has 1 atom stereocenters. The minimum absolute atomic E-state index is 0.155. The molecular weight excluding hydrogens is 519 g/mol. The van der Waals surface area contributed by atoms with Crippen LogP contribution in [0.15, 0.2) is 108 Å². The van der Waals surface area contributed by atoms with E-state index in [9.17, 15) is 26.4 Å². The molecule has 196 valence electrons. The molecule has 4 aromatic carbocycles. The van der Waals surface area contributed by atoms with Gasteiger partial charge in [0.2, 0.25) is 9.84 Å². The van der Waals surface area contributed by atoms with Gasteiger partial charge >= 0.3 is 12.1 Å². The molecule has 0 aromatic heterocycles. The summed E-state index contributed by atoms with van der Waals surface area (Å²) in [6.07, 6.45) is -4.86. The third kappa shape index (κ3) is 5.65. The number of hydrogen-bond acceptors (Lipinski definition) is 6. The highest BCUT2D eigenvalue weighted by molar-refractivity contribution is 7.91. The van der Waals surface area contributed by atoms with Gasteiger partial charge in [0.15, 0.2) is 5.37 Å². The molecule has 0 radical (unpaired) electrons. The number of esters is 1. The van der Waals surface area contributed by atoms with Crippen LogP contribution in [0, 0.1) is 0 Å². The number of ether oxygens (including phenoxy) is 2. The standard InChI is InChI=1S/C28H22F3NO5S/c1-18(27(33)37-22-12-11-19-7-3-4-8-20(19)17-22)32-26(24-9-5-6-10-25(24)28(29,30)31)38(34,35)23-15-13-21(36-2)14-16-23/h3-17,26,32H,1H2,2H3/t26-/m1/s1. The van der Waals surface area contributed by atoms with Gasteiger partial charge in [0, 0.05) is 5.56 Å². The molecule has 0 saturated carbocycles. The van der Waals surface area contributed by atoms with Crippen LogP contribution >= 0.6 is 0 Å². The molecule has 10 heteroatoms. The molecule has 0 aliphatic heterocycles. The van der Waals surface area contributed by atoms with E-state index in [0.717, 1.165) is 29.0 Å². The largest absolute Gasteiger partial charge is 0.497 e. The Morgan fingerprint density at radius 2 is 1.47 bits per heavy atom. The van der Waals surface area contributed by atoms with Gasteiger partial charge in [-0.05, 0) is 53.2 Å². The predicted molar refractivity (Wildman–Crippen MR) is 136 cm³/mol. The molecule has 0 bridgehead atoms. The van der Waals surface area contributed by atoms with Crippen molar-refractivity contribution in [2.75, 3.05) is 7.11 Å². The van der Waals surface area contributed by atoms with Crippen LogP contribution in [-0.2, 0) is 20.8 Å². The number of carbonyl (C=O) groups is 1. The Hall–Kier alpha value is -4.31. The number of rotatable bonds is 8. The van der Waals surface area contributed by atoms with Crippen LogP contribution in [0.3, 0.4) is 0 Å². The maximum Gasteiger partial charge on any atom is 0.416 e. The van der Waals surface area contributed by atoms with Crippen LogP contribution in [0.4, 0.5) is 13.2 Å². The molecule has 38 heavy (non-hydrogen) atoms. The third-order valence-corrected chi connectivity index (χ3v) is 7.65. The summed E-state index contributed by atoms with van der Waals surface area (Å²) >= 11 is 0. The van der Waals surface area contributed by atoms with Crippen molar-refractivity contribution < 1.29 is 35.9 Å². The van der Waals surface area contributed by atoms with Gasteiger partial charge < -0.3 is 14.8 Å². The van der Waals surface area contributed by atoms with E-state index in [1.54, 1.807) is 18.2 Å². The van der Waals surface area contributed by atoms with Crippen LogP contribution in [-0.4, -0.2) is 21.5 Å². The highest BCUT2D eigenvalue weighted by Gasteiger charge is 2.40. The monoisotopic (exact) mass is 541 g/mol. The highest BCUT2D eigenvalue weighted by atomic mass is 32.2. The normalized spacial score (nSPS) is 12.5. The van der Waals surface area contributed by atoms with E-state index in [0.29, 0.717) is 5.75 Å². The van der Waals surface area contributed by atoms with Gasteiger partial charge in [0.05, 0.1) is 17.6 Å². The maximum absolute atomic E-state index is 13.9. The Kier molecular flexibility index (Phi) is 7.45. The zero-order valence-corrected chi connectivity index (χ0v) is 20.8. The molecule has 0 aliphatic carbocycles. The van der Waals surface area contributed by atoms with Gasteiger partial charge in [-0.3, -0.25) is 0 Å². The maximum atomic E-state index is 13.9. The van der Waals surface area contributed by atoms with Gasteiger partial charge in [-0.25, -0.2) is 13.2 Å². The summed E-state index contributed by atoms with van der Waals surface area (Å²) < 4.78 is 79.2. The van der Waals surface area contributed by atoms with Gasteiger partial charge in [0.1, 0.15) is 17.2 Å². The molecular formula is C28H22F3NO5S. The molecule has 0 saturated heterocycles. The number of nitrogens with one attached hydrogen (secondary N) is 1. The number of sulfone groups is 1. The molecule has 0 amide bonds. The minimum Gasteiger partial charge on any atom is -0.497 e. The summed E-state index contributed by atoms with van der Waals surface area (Å²) in [5.74, 6) is -0.547. The minimum atomic E-state index is -4.86. The van der Waals surface area contributed by atoms with Crippen LogP contribution in [0.5, 0.6) is 11.5 Å². The molecule has 4 rings (SSSR count). The van der Waals surface area contributed by atoms with E-state index in [-0.39, 0.29) is 10.6 Å². The average Bonchev–Trinajstić information content (AvgIpc) is 2.91. The Labute approximate surface area is 217 Å². The van der Waals surface area contributed by atoms with Gasteiger partial charge in [-0.1, -0.05) is 55.1 Å². The first kappa shape index (κ1) is 26.7. The second-order valence-electron chi connectivity index (χ2n) is 8.21. The lowest BCUT2D eigenvalue weighted by molar-refractivity contribution is -0.138. The van der Waals surface area contributed by atoms with E-state index in [1.807, 2.05) is 18.2 Å². The van der Waals surface area contributed by atoms with E-state index in [4.69, 9.17) is 9.47 Å². The summed E-state index contributed by atoms with van der Waals surface area (Å²) in [7, 11) is -3.14. The van der Waals surface area contributed by atoms with E-state index < -0.39 is 44.2 Å². The topological polar surface area (TPSA) is 81.7 Å². The lowest BCUT2D eigenvalue weighted by atomic mass is 10.1. The molecule has 0 spiro atoms. The molecule has 6 nitrogen and oxygen atoms in total. The summed E-state index contributed by atoms with van der Waals surface area (Å²) in [6.45, 7) is 3.55. The second-order valence-corrected chi connectivity index (χ2v) is 10.2. The average molecular weight is 542 g/mol. The van der Waals surface area contributed by atoms with Crippen LogP contribution < -0.4 is 14.8 Å². The predicted octanol–water partition coefficient (Wildman–Crippen LogP) is 6.05. The number of carbonyl (C=O) groups excluding carboxylic acids is 1. The Bertz CT molecular complexity index is 1600. The molecule has 0 aliphatic rings. The molecule has 4 aromatic rings. The molecule has 0 heterocycles. The van der Waals surface area contributed by atoms with Crippen molar-refractivity contribution in [3.63, 3.8) is 0 Å². The van der Waals surface area contributed by atoms with E-state index >= 15 is 0 Å². The SMILES string of the molecule is C=C(N[C@@H](c1ccccc1C(F)(F)F)S(=O)(=O)c1ccc(OC)cc1)C(=O)Oc1ccc2ccccc2c1. The van der Waals surface area contributed by atoms with Crippen molar-refractivity contribution >= 4 is 26.6 Å². The summed E-state index contributed by atoms with van der Waals surface area (Å²) in [5.41, 5.74) is -2.32. The Balaban J connectivity index is 1.69. The number of fused-ring (bicyclic) bond motifs is 1. The fourth-order valence-electron chi connectivity index (χ4n) is 3.82. The number of alkyl halides is 3. The molecule has 0 unspecified atom stereocenters. The fourth-order valence-corrected chi connectivity index (χ4v) is 5.45. The quantitative estimate of drug-likeness (QED) is 0.166. The first-order chi connectivity index (χ1) is 18.0. The van der Waals surface area contributed by atoms with E-state index in [1.165, 1.54) is 43.5 Å². The number of hydrogen-bond donors (Lipinski definition) is 1. The molecule has 0 fully saturated rings. The van der Waals surface area contributed by atoms with Crippen LogP contribution in [0.25, 0.3) is 10.8 Å². The van der Waals surface area contributed by atoms with Gasteiger partial charge in [-0.2, -0.15) is 13.2 Å². The summed E-state index contributed by atoms with van der Waals surface area (Å²) in [4.78, 5) is 12.5. The molecule has 1 N–H and O–H groups in total. The first-order valence-electron chi connectivity index (χ1n) is 11.2. The van der Waals surface area contributed by atoms with Crippen molar-refractivity contribution in [1.82, 2.24) is 5.32 Å². The Morgan fingerprint density at radius 1 is 0.868 bits per heavy atom. The zero-order chi connectivity index (χ0) is 27.5.